The molecule has 0 fully saturated rings. The number of carboxylic acid groups (broad SMARTS) is 1. The molecule has 1 aromatic heterocycles. The van der Waals surface area contributed by atoms with Crippen molar-refractivity contribution in [1.82, 2.24) is 4.98 Å². The van der Waals surface area contributed by atoms with E-state index in [0.29, 0.717) is 0 Å². The molecule has 0 spiro atoms. The number of carboxylic acids is 1. The van der Waals surface area contributed by atoms with E-state index in [1.807, 2.05) is 19.1 Å². The van der Waals surface area contributed by atoms with Crippen LogP contribution < -0.4 is 0 Å². The van der Waals surface area contributed by atoms with Gasteiger partial charge < -0.3 is 5.11 Å². The fraction of sp³-hybridized carbons (Fsp3) is 0.375. The summed E-state index contributed by atoms with van der Waals surface area (Å²) in [7, 11) is 0. The number of aryl methyl sites for hydroxylation is 2. The van der Waals surface area contributed by atoms with E-state index in [0.717, 1.165) is 53.4 Å². The number of aromatic nitrogens is 1. The number of fused-ring (bicyclic) bond motifs is 2. The first-order valence-electron chi connectivity index (χ1n) is 6.78. The zero-order chi connectivity index (χ0) is 13.4. The number of hydrogen-bond donors (Lipinski definition) is 1. The number of pyridine rings is 1. The SMILES string of the molecule is Cc1ccc2nc3c(c(CC(=O)O)c2c1)CCCC3. The molecule has 3 rings (SSSR count). The zero-order valence-electron chi connectivity index (χ0n) is 11.1. The monoisotopic (exact) mass is 255 g/mol. The van der Waals surface area contributed by atoms with Crippen LogP contribution in [-0.4, -0.2) is 16.1 Å². The first-order valence-corrected chi connectivity index (χ1v) is 6.78. The summed E-state index contributed by atoms with van der Waals surface area (Å²) in [5.41, 5.74) is 5.36. The van der Waals surface area contributed by atoms with Crippen molar-refractivity contribution in [3.8, 4) is 0 Å². The molecule has 0 amide bonds. The van der Waals surface area contributed by atoms with Gasteiger partial charge in [-0.2, -0.15) is 0 Å². The van der Waals surface area contributed by atoms with Gasteiger partial charge in [-0.25, -0.2) is 0 Å². The summed E-state index contributed by atoms with van der Waals surface area (Å²) in [6.07, 6.45) is 4.34. The van der Waals surface area contributed by atoms with E-state index in [1.54, 1.807) is 0 Å². The quantitative estimate of drug-likeness (QED) is 0.897. The molecule has 0 aliphatic heterocycles. The summed E-state index contributed by atoms with van der Waals surface area (Å²) in [6.45, 7) is 2.03. The van der Waals surface area contributed by atoms with Crippen molar-refractivity contribution in [3.63, 3.8) is 0 Å². The van der Waals surface area contributed by atoms with Crippen LogP contribution in [0, 0.1) is 6.92 Å². The lowest BCUT2D eigenvalue weighted by molar-refractivity contribution is -0.136. The Hall–Kier alpha value is -1.90. The van der Waals surface area contributed by atoms with Crippen LogP contribution in [0.1, 0.15) is 35.2 Å². The number of carbonyl (C=O) groups is 1. The van der Waals surface area contributed by atoms with Gasteiger partial charge in [0.05, 0.1) is 11.9 Å². The Balaban J connectivity index is 2.30. The maximum atomic E-state index is 11.2. The largest absolute Gasteiger partial charge is 0.481 e. The molecule has 0 atom stereocenters. The molecule has 1 aromatic carbocycles. The number of nitrogens with zero attached hydrogens (tertiary/aromatic N) is 1. The number of rotatable bonds is 2. The Morgan fingerprint density at radius 3 is 2.89 bits per heavy atom. The molecule has 1 heterocycles. The van der Waals surface area contributed by atoms with Crippen molar-refractivity contribution < 1.29 is 9.90 Å². The first kappa shape index (κ1) is 12.2. The summed E-state index contributed by atoms with van der Waals surface area (Å²) in [5, 5.41) is 10.2. The molecule has 0 unspecified atom stereocenters. The molecule has 3 heteroatoms. The topological polar surface area (TPSA) is 50.2 Å². The van der Waals surface area contributed by atoms with E-state index in [4.69, 9.17) is 4.98 Å². The van der Waals surface area contributed by atoms with Gasteiger partial charge in [0.2, 0.25) is 0 Å². The van der Waals surface area contributed by atoms with Gasteiger partial charge in [-0.05, 0) is 55.9 Å². The Morgan fingerprint density at radius 1 is 1.32 bits per heavy atom. The average Bonchev–Trinajstić information content (AvgIpc) is 2.39. The van der Waals surface area contributed by atoms with E-state index in [2.05, 4.69) is 6.07 Å². The van der Waals surface area contributed by atoms with Crippen LogP contribution in [0.25, 0.3) is 10.9 Å². The number of hydrogen-bond acceptors (Lipinski definition) is 2. The highest BCUT2D eigenvalue weighted by Gasteiger charge is 2.19. The Labute approximate surface area is 112 Å². The smallest absolute Gasteiger partial charge is 0.307 e. The fourth-order valence-electron chi connectivity index (χ4n) is 2.99. The summed E-state index contributed by atoms with van der Waals surface area (Å²) >= 11 is 0. The lowest BCUT2D eigenvalue weighted by Crippen LogP contribution is -2.12. The summed E-state index contributed by atoms with van der Waals surface area (Å²) in [6, 6.07) is 6.11. The molecule has 0 bridgehead atoms. The van der Waals surface area contributed by atoms with Crippen molar-refractivity contribution in [1.29, 1.82) is 0 Å². The van der Waals surface area contributed by atoms with Crippen LogP contribution in [0.5, 0.6) is 0 Å². The first-order chi connectivity index (χ1) is 9.15. The predicted molar refractivity (Wildman–Crippen MR) is 74.5 cm³/mol. The summed E-state index contributed by atoms with van der Waals surface area (Å²) < 4.78 is 0. The second-order valence-corrected chi connectivity index (χ2v) is 5.31. The normalized spacial score (nSPS) is 14.4. The number of aliphatic carboxylic acids is 1. The minimum atomic E-state index is -0.762. The standard InChI is InChI=1S/C16H17NO2/c1-10-6-7-15-13(8-10)12(9-16(18)19)11-4-2-3-5-14(11)17-15/h6-8H,2-5,9H2,1H3,(H,18,19). The Bertz CT molecular complexity index is 661. The molecule has 1 N–H and O–H groups in total. The Morgan fingerprint density at radius 2 is 2.11 bits per heavy atom. The lowest BCUT2D eigenvalue weighted by atomic mass is 9.88. The van der Waals surface area contributed by atoms with Gasteiger partial charge >= 0.3 is 5.97 Å². The summed E-state index contributed by atoms with van der Waals surface area (Å²) in [4.78, 5) is 15.9. The Kier molecular flexibility index (Phi) is 2.97. The molecular weight excluding hydrogens is 238 g/mol. The highest BCUT2D eigenvalue weighted by atomic mass is 16.4. The van der Waals surface area contributed by atoms with Crippen molar-refractivity contribution in [3.05, 3.63) is 40.6 Å². The van der Waals surface area contributed by atoms with Crippen LogP contribution in [0.15, 0.2) is 18.2 Å². The van der Waals surface area contributed by atoms with Crippen molar-refractivity contribution in [2.75, 3.05) is 0 Å². The van der Waals surface area contributed by atoms with Gasteiger partial charge in [0.1, 0.15) is 0 Å². The van der Waals surface area contributed by atoms with E-state index in [9.17, 15) is 9.90 Å². The van der Waals surface area contributed by atoms with Gasteiger partial charge in [0, 0.05) is 11.1 Å². The minimum absolute atomic E-state index is 0.102. The highest BCUT2D eigenvalue weighted by molar-refractivity contribution is 5.88. The van der Waals surface area contributed by atoms with E-state index < -0.39 is 5.97 Å². The van der Waals surface area contributed by atoms with Gasteiger partial charge in [-0.3, -0.25) is 9.78 Å². The van der Waals surface area contributed by atoms with Gasteiger partial charge in [-0.15, -0.1) is 0 Å². The summed E-state index contributed by atoms with van der Waals surface area (Å²) in [5.74, 6) is -0.762. The van der Waals surface area contributed by atoms with Crippen LogP contribution in [0.4, 0.5) is 0 Å². The minimum Gasteiger partial charge on any atom is -0.481 e. The van der Waals surface area contributed by atoms with Crippen LogP contribution in [0.3, 0.4) is 0 Å². The van der Waals surface area contributed by atoms with Crippen LogP contribution in [0.2, 0.25) is 0 Å². The lowest BCUT2D eigenvalue weighted by Gasteiger charge is -2.20. The molecule has 1 aliphatic rings. The average molecular weight is 255 g/mol. The molecule has 2 aromatic rings. The van der Waals surface area contributed by atoms with Crippen LogP contribution >= 0.6 is 0 Å². The van der Waals surface area contributed by atoms with E-state index >= 15 is 0 Å². The van der Waals surface area contributed by atoms with Gasteiger partial charge in [-0.1, -0.05) is 11.6 Å². The molecule has 0 saturated carbocycles. The fourth-order valence-corrected chi connectivity index (χ4v) is 2.99. The van der Waals surface area contributed by atoms with Crippen molar-refractivity contribution >= 4 is 16.9 Å². The van der Waals surface area contributed by atoms with Crippen molar-refractivity contribution in [2.24, 2.45) is 0 Å². The molecule has 0 saturated heterocycles. The molecule has 1 aliphatic carbocycles. The van der Waals surface area contributed by atoms with E-state index in [1.165, 1.54) is 5.56 Å². The molecule has 19 heavy (non-hydrogen) atoms. The third-order valence-electron chi connectivity index (χ3n) is 3.86. The zero-order valence-corrected chi connectivity index (χ0v) is 11.1. The molecular formula is C16H17NO2. The van der Waals surface area contributed by atoms with Gasteiger partial charge in [0.15, 0.2) is 0 Å². The second kappa shape index (κ2) is 4.65. The van der Waals surface area contributed by atoms with Crippen molar-refractivity contribution in [2.45, 2.75) is 39.0 Å². The van der Waals surface area contributed by atoms with Gasteiger partial charge in [0.25, 0.3) is 0 Å². The molecule has 3 nitrogen and oxygen atoms in total. The maximum absolute atomic E-state index is 11.2. The predicted octanol–water partition coefficient (Wildman–Crippen LogP) is 3.05. The maximum Gasteiger partial charge on any atom is 0.307 e. The molecule has 98 valence electrons. The molecule has 0 radical (unpaired) electrons. The van der Waals surface area contributed by atoms with Crippen LogP contribution in [-0.2, 0) is 24.1 Å². The third-order valence-corrected chi connectivity index (χ3v) is 3.86. The third kappa shape index (κ3) is 2.21. The second-order valence-electron chi connectivity index (χ2n) is 5.31. The number of benzene rings is 1. The highest BCUT2D eigenvalue weighted by Crippen LogP contribution is 2.30. The van der Waals surface area contributed by atoms with E-state index in [-0.39, 0.29) is 6.42 Å².